The van der Waals surface area contributed by atoms with Gasteiger partial charge in [0.05, 0.1) is 0 Å². The summed E-state index contributed by atoms with van der Waals surface area (Å²) in [6.45, 7) is 4.61. The summed E-state index contributed by atoms with van der Waals surface area (Å²) >= 11 is 5.94. The third kappa shape index (κ3) is 2.94. The lowest BCUT2D eigenvalue weighted by atomic mass is 10.1. The van der Waals surface area contributed by atoms with Crippen LogP contribution < -0.4 is 5.73 Å². The van der Waals surface area contributed by atoms with Crippen LogP contribution >= 0.6 is 11.6 Å². The summed E-state index contributed by atoms with van der Waals surface area (Å²) in [6, 6.07) is 2.86. The Kier molecular flexibility index (Phi) is 4.02. The average molecular weight is 305 g/mol. The molecular weight excluding hydrogens is 289 g/mol. The quantitative estimate of drug-likeness (QED) is 0.888. The number of alkyl halides is 3. The van der Waals surface area contributed by atoms with Crippen LogP contribution in [0.3, 0.4) is 0 Å². The second kappa shape index (κ2) is 5.30. The molecule has 1 heterocycles. The number of rotatable bonds is 3. The first kappa shape index (κ1) is 15.2. The van der Waals surface area contributed by atoms with Crippen molar-refractivity contribution in [2.45, 2.75) is 32.6 Å². The Morgan fingerprint density at radius 1 is 1.30 bits per heavy atom. The Hall–Kier alpha value is -1.20. The maximum Gasteiger partial charge on any atom is 0.407 e. The van der Waals surface area contributed by atoms with Gasteiger partial charge in [-0.15, -0.1) is 0 Å². The molecule has 0 saturated carbocycles. The van der Waals surface area contributed by atoms with E-state index in [1.54, 1.807) is 22.8 Å². The average Bonchev–Trinajstić information content (AvgIpc) is 2.64. The molecular formula is C14H16ClF3N2. The minimum absolute atomic E-state index is 0.0878. The van der Waals surface area contributed by atoms with Crippen molar-refractivity contribution < 1.29 is 13.2 Å². The van der Waals surface area contributed by atoms with E-state index in [4.69, 9.17) is 17.3 Å². The van der Waals surface area contributed by atoms with Crippen LogP contribution in [0.2, 0.25) is 5.02 Å². The van der Waals surface area contributed by atoms with Gasteiger partial charge in [-0.05, 0) is 18.1 Å². The fourth-order valence-corrected chi connectivity index (χ4v) is 2.43. The molecule has 110 valence electrons. The molecule has 1 atom stereocenters. The van der Waals surface area contributed by atoms with Gasteiger partial charge in [0.2, 0.25) is 0 Å². The Balaban J connectivity index is 2.61. The standard InChI is InChI=1S/C14H16ClF3N2/c1-8(2)6-20-7-11(13(19)14(16,17)18)10-4-3-9(15)5-12(10)20/h3-5,7-8,13H,6,19H2,1-2H3/t13-/m0/s1. The molecule has 0 spiro atoms. The molecule has 1 aromatic carbocycles. The molecule has 2 aromatic rings. The molecule has 2 rings (SSSR count). The first-order chi connectivity index (χ1) is 9.20. The van der Waals surface area contributed by atoms with E-state index >= 15 is 0 Å². The van der Waals surface area contributed by atoms with Crippen LogP contribution in [0.1, 0.15) is 25.5 Å². The highest BCUT2D eigenvalue weighted by molar-refractivity contribution is 6.31. The lowest BCUT2D eigenvalue weighted by Crippen LogP contribution is -2.28. The molecule has 0 fully saturated rings. The van der Waals surface area contributed by atoms with Crippen molar-refractivity contribution in [3.63, 3.8) is 0 Å². The van der Waals surface area contributed by atoms with Gasteiger partial charge in [-0.25, -0.2) is 0 Å². The Bertz CT molecular complexity index is 617. The minimum Gasteiger partial charge on any atom is -0.347 e. The van der Waals surface area contributed by atoms with Gasteiger partial charge in [-0.3, -0.25) is 0 Å². The molecule has 0 saturated heterocycles. The third-order valence-electron chi connectivity index (χ3n) is 3.12. The van der Waals surface area contributed by atoms with Crippen molar-refractivity contribution in [1.82, 2.24) is 4.57 Å². The lowest BCUT2D eigenvalue weighted by molar-refractivity contribution is -0.148. The Morgan fingerprint density at radius 3 is 2.50 bits per heavy atom. The monoisotopic (exact) mass is 304 g/mol. The third-order valence-corrected chi connectivity index (χ3v) is 3.36. The van der Waals surface area contributed by atoms with Crippen molar-refractivity contribution >= 4 is 22.5 Å². The molecule has 6 heteroatoms. The largest absolute Gasteiger partial charge is 0.407 e. The predicted molar refractivity (Wildman–Crippen MR) is 74.8 cm³/mol. The van der Waals surface area contributed by atoms with Gasteiger partial charge >= 0.3 is 6.18 Å². The van der Waals surface area contributed by atoms with E-state index in [-0.39, 0.29) is 5.56 Å². The summed E-state index contributed by atoms with van der Waals surface area (Å²) in [5, 5.41) is 0.993. The number of halogens is 4. The van der Waals surface area contributed by atoms with E-state index in [2.05, 4.69) is 0 Å². The number of aromatic nitrogens is 1. The predicted octanol–water partition coefficient (Wildman–Crippen LogP) is 4.51. The van der Waals surface area contributed by atoms with Gasteiger partial charge < -0.3 is 10.3 Å². The summed E-state index contributed by atoms with van der Waals surface area (Å²) < 4.78 is 40.3. The summed E-state index contributed by atoms with van der Waals surface area (Å²) in [6.07, 6.45) is -2.98. The topological polar surface area (TPSA) is 30.9 Å². The maximum absolute atomic E-state index is 12.9. The molecule has 1 aromatic heterocycles. The van der Waals surface area contributed by atoms with Crippen LogP contribution in [0.15, 0.2) is 24.4 Å². The van der Waals surface area contributed by atoms with E-state index in [0.717, 1.165) is 0 Å². The zero-order valence-electron chi connectivity index (χ0n) is 11.2. The van der Waals surface area contributed by atoms with Gasteiger partial charge in [0.1, 0.15) is 6.04 Å². The van der Waals surface area contributed by atoms with E-state index in [1.807, 2.05) is 13.8 Å². The number of benzene rings is 1. The number of nitrogens with zero attached hydrogens (tertiary/aromatic N) is 1. The fourth-order valence-electron chi connectivity index (χ4n) is 2.26. The molecule has 20 heavy (non-hydrogen) atoms. The molecule has 0 amide bonds. The molecule has 0 aliphatic heterocycles. The van der Waals surface area contributed by atoms with Crippen LogP contribution in [-0.2, 0) is 6.54 Å². The second-order valence-corrected chi connectivity index (χ2v) is 5.75. The van der Waals surface area contributed by atoms with Crippen molar-refractivity contribution in [1.29, 1.82) is 0 Å². The van der Waals surface area contributed by atoms with E-state index in [1.165, 1.54) is 6.20 Å². The van der Waals surface area contributed by atoms with Gasteiger partial charge in [0.15, 0.2) is 0 Å². The van der Waals surface area contributed by atoms with Crippen LogP contribution in [0.4, 0.5) is 13.2 Å². The van der Waals surface area contributed by atoms with E-state index in [9.17, 15) is 13.2 Å². The summed E-state index contributed by atoms with van der Waals surface area (Å²) in [4.78, 5) is 0. The van der Waals surface area contributed by atoms with Crippen LogP contribution in [-0.4, -0.2) is 10.7 Å². The maximum atomic E-state index is 12.9. The summed E-state index contributed by atoms with van der Waals surface area (Å²) in [7, 11) is 0. The SMILES string of the molecule is CC(C)Cn1cc([C@H](N)C(F)(F)F)c2ccc(Cl)cc21. The van der Waals surface area contributed by atoms with Crippen molar-refractivity contribution in [3.05, 3.63) is 35.0 Å². The fraction of sp³-hybridized carbons (Fsp3) is 0.429. The van der Waals surface area contributed by atoms with Crippen LogP contribution in [0.25, 0.3) is 10.9 Å². The normalized spacial score (nSPS) is 14.2. The van der Waals surface area contributed by atoms with Crippen LogP contribution in [0.5, 0.6) is 0 Å². The number of hydrogen-bond acceptors (Lipinski definition) is 1. The zero-order valence-corrected chi connectivity index (χ0v) is 12.0. The van der Waals surface area contributed by atoms with E-state index < -0.39 is 12.2 Å². The molecule has 0 unspecified atom stereocenters. The summed E-state index contributed by atoms with van der Waals surface area (Å²) in [5.41, 5.74) is 6.12. The smallest absolute Gasteiger partial charge is 0.347 e. The van der Waals surface area contributed by atoms with Gasteiger partial charge in [-0.2, -0.15) is 13.2 Å². The van der Waals surface area contributed by atoms with Crippen molar-refractivity contribution in [2.75, 3.05) is 0 Å². The highest BCUT2D eigenvalue weighted by Gasteiger charge is 2.39. The first-order valence-electron chi connectivity index (χ1n) is 6.30. The van der Waals surface area contributed by atoms with Crippen LogP contribution in [0, 0.1) is 5.92 Å². The van der Waals surface area contributed by atoms with Gasteiger partial charge in [-0.1, -0.05) is 31.5 Å². The number of hydrogen-bond donors (Lipinski definition) is 1. The zero-order chi connectivity index (χ0) is 15.1. The van der Waals surface area contributed by atoms with Gasteiger partial charge in [0.25, 0.3) is 0 Å². The van der Waals surface area contributed by atoms with Crippen molar-refractivity contribution in [3.8, 4) is 0 Å². The lowest BCUT2D eigenvalue weighted by Gasteiger charge is -2.14. The molecule has 2 nitrogen and oxygen atoms in total. The molecule has 0 radical (unpaired) electrons. The van der Waals surface area contributed by atoms with E-state index in [0.29, 0.717) is 28.4 Å². The second-order valence-electron chi connectivity index (χ2n) is 5.31. The molecule has 0 aliphatic rings. The summed E-state index contributed by atoms with van der Waals surface area (Å²) in [5.74, 6) is 0.305. The Morgan fingerprint density at radius 2 is 1.95 bits per heavy atom. The molecule has 0 bridgehead atoms. The molecule has 0 aliphatic carbocycles. The highest BCUT2D eigenvalue weighted by Crippen LogP contribution is 2.36. The van der Waals surface area contributed by atoms with Crippen molar-refractivity contribution in [2.24, 2.45) is 11.7 Å². The number of nitrogens with two attached hydrogens (primary N) is 1. The molecule has 2 N–H and O–H groups in total. The minimum atomic E-state index is -4.46. The Labute approximate surface area is 120 Å². The first-order valence-corrected chi connectivity index (χ1v) is 6.68. The number of fused-ring (bicyclic) bond motifs is 1. The highest BCUT2D eigenvalue weighted by atomic mass is 35.5. The van der Waals surface area contributed by atoms with Gasteiger partial charge in [0, 0.05) is 34.2 Å².